The van der Waals surface area contributed by atoms with Crippen LogP contribution >= 0.6 is 0 Å². The van der Waals surface area contributed by atoms with E-state index in [9.17, 15) is 8.78 Å². The molecule has 0 N–H and O–H groups in total. The van der Waals surface area contributed by atoms with Gasteiger partial charge < -0.3 is 0 Å². The van der Waals surface area contributed by atoms with E-state index in [-0.39, 0.29) is 5.41 Å². The maximum atomic E-state index is 14.5. The molecule has 0 bridgehead atoms. The van der Waals surface area contributed by atoms with Crippen LogP contribution in [0, 0.1) is 24.5 Å². The first-order valence-electron chi connectivity index (χ1n) is 8.40. The van der Waals surface area contributed by atoms with Crippen molar-refractivity contribution >= 4 is 0 Å². The van der Waals surface area contributed by atoms with Crippen LogP contribution < -0.4 is 0 Å². The van der Waals surface area contributed by atoms with Crippen LogP contribution in [-0.4, -0.2) is 4.98 Å². The van der Waals surface area contributed by atoms with Gasteiger partial charge in [-0.15, -0.1) is 0 Å². The Hall–Kier alpha value is -1.77. The smallest absolute Gasteiger partial charge is 0.135 e. The number of pyridine rings is 1. The number of rotatable bonds is 3. The van der Waals surface area contributed by atoms with Gasteiger partial charge >= 0.3 is 0 Å². The second-order valence-corrected chi connectivity index (χ2v) is 6.14. The molecule has 1 aromatic carbocycles. The summed E-state index contributed by atoms with van der Waals surface area (Å²) in [7, 11) is 0. The number of aryl methyl sites for hydroxylation is 1. The fraction of sp³-hybridized carbons (Fsp3) is 0.450. The van der Waals surface area contributed by atoms with E-state index in [1.165, 1.54) is 6.07 Å². The van der Waals surface area contributed by atoms with Gasteiger partial charge in [-0.05, 0) is 60.4 Å². The molecule has 2 aromatic rings. The molecule has 0 radical (unpaired) electrons. The topological polar surface area (TPSA) is 12.9 Å². The van der Waals surface area contributed by atoms with Crippen molar-refractivity contribution < 1.29 is 8.78 Å². The van der Waals surface area contributed by atoms with Crippen molar-refractivity contribution in [3.05, 3.63) is 53.2 Å². The highest BCUT2D eigenvalue weighted by molar-refractivity contribution is 5.68. The lowest BCUT2D eigenvalue weighted by atomic mass is 9.85. The molecule has 23 heavy (non-hydrogen) atoms. The molecule has 2 unspecified atom stereocenters. The Balaban J connectivity index is 0.000000924. The van der Waals surface area contributed by atoms with E-state index in [1.807, 2.05) is 32.9 Å². The summed E-state index contributed by atoms with van der Waals surface area (Å²) in [5.74, 6) is -0.576. The van der Waals surface area contributed by atoms with E-state index < -0.39 is 11.6 Å². The molecule has 0 amide bonds. The van der Waals surface area contributed by atoms with Crippen LogP contribution in [0.5, 0.6) is 0 Å². The van der Waals surface area contributed by atoms with E-state index in [0.717, 1.165) is 30.0 Å². The van der Waals surface area contributed by atoms with Crippen molar-refractivity contribution in [2.45, 2.75) is 52.9 Å². The van der Waals surface area contributed by atoms with Crippen molar-refractivity contribution in [3.8, 4) is 11.3 Å². The Morgan fingerprint density at radius 2 is 1.87 bits per heavy atom. The van der Waals surface area contributed by atoms with Crippen molar-refractivity contribution in [2.24, 2.45) is 5.92 Å². The standard InChI is InChI=1S/C18H19F2N.C2H6/c1-4-18(10-12(18)3)14-8-13(19)9-15(20)17(14)16-7-11(2)5-6-21-16;1-2/h5-9,12H,4,10H2,1-3H3;1-2H3. The molecular formula is C20H25F2N. The van der Waals surface area contributed by atoms with Gasteiger partial charge in [-0.3, -0.25) is 4.98 Å². The lowest BCUT2D eigenvalue weighted by Gasteiger charge is -2.20. The third kappa shape index (κ3) is 3.15. The molecule has 0 spiro atoms. The first-order chi connectivity index (χ1) is 11.0. The molecule has 1 aliphatic rings. The fourth-order valence-electron chi connectivity index (χ4n) is 3.45. The van der Waals surface area contributed by atoms with Crippen LogP contribution in [0.4, 0.5) is 8.78 Å². The Labute approximate surface area is 137 Å². The summed E-state index contributed by atoms with van der Waals surface area (Å²) in [6.45, 7) is 10.2. The molecule has 0 saturated heterocycles. The van der Waals surface area contributed by atoms with Gasteiger partial charge in [-0.1, -0.05) is 27.7 Å². The molecule has 1 heterocycles. The van der Waals surface area contributed by atoms with Gasteiger partial charge in [0.15, 0.2) is 0 Å². The number of hydrogen-bond donors (Lipinski definition) is 0. The van der Waals surface area contributed by atoms with Gasteiger partial charge in [0.1, 0.15) is 11.6 Å². The Morgan fingerprint density at radius 1 is 1.22 bits per heavy atom. The minimum absolute atomic E-state index is 0.107. The quantitative estimate of drug-likeness (QED) is 0.671. The fourth-order valence-corrected chi connectivity index (χ4v) is 3.45. The molecular weight excluding hydrogens is 292 g/mol. The molecule has 0 aliphatic heterocycles. The molecule has 1 aromatic heterocycles. The highest BCUT2D eigenvalue weighted by atomic mass is 19.1. The van der Waals surface area contributed by atoms with Gasteiger partial charge in [0.2, 0.25) is 0 Å². The summed E-state index contributed by atoms with van der Waals surface area (Å²) in [6.07, 6.45) is 3.53. The summed E-state index contributed by atoms with van der Waals surface area (Å²) in [5.41, 5.74) is 2.74. The van der Waals surface area contributed by atoms with Gasteiger partial charge in [-0.2, -0.15) is 0 Å². The van der Waals surface area contributed by atoms with Gasteiger partial charge in [0, 0.05) is 17.8 Å². The molecule has 1 aliphatic carbocycles. The zero-order chi connectivity index (χ0) is 17.2. The van der Waals surface area contributed by atoms with Crippen molar-refractivity contribution in [3.63, 3.8) is 0 Å². The van der Waals surface area contributed by atoms with Crippen LogP contribution in [0.1, 0.15) is 51.7 Å². The van der Waals surface area contributed by atoms with Crippen LogP contribution in [0.2, 0.25) is 0 Å². The second-order valence-electron chi connectivity index (χ2n) is 6.14. The monoisotopic (exact) mass is 317 g/mol. The van der Waals surface area contributed by atoms with E-state index in [4.69, 9.17) is 0 Å². The summed E-state index contributed by atoms with van der Waals surface area (Å²) >= 11 is 0. The summed E-state index contributed by atoms with van der Waals surface area (Å²) in [6, 6.07) is 6.19. The zero-order valence-electron chi connectivity index (χ0n) is 14.6. The average molecular weight is 317 g/mol. The normalized spacial score (nSPS) is 22.3. The predicted octanol–water partition coefficient (Wildman–Crippen LogP) is 6.05. The number of benzene rings is 1. The molecule has 2 atom stereocenters. The largest absolute Gasteiger partial charge is 0.256 e. The van der Waals surface area contributed by atoms with Gasteiger partial charge in [-0.25, -0.2) is 8.78 Å². The van der Waals surface area contributed by atoms with E-state index in [1.54, 1.807) is 6.20 Å². The van der Waals surface area contributed by atoms with Gasteiger partial charge in [0.05, 0.1) is 5.69 Å². The minimum Gasteiger partial charge on any atom is -0.256 e. The summed E-state index contributed by atoms with van der Waals surface area (Å²) < 4.78 is 28.2. The predicted molar refractivity (Wildman–Crippen MR) is 91.4 cm³/mol. The van der Waals surface area contributed by atoms with Crippen LogP contribution in [0.15, 0.2) is 30.5 Å². The average Bonchev–Trinajstić information content (AvgIpc) is 3.20. The third-order valence-corrected chi connectivity index (χ3v) is 4.85. The third-order valence-electron chi connectivity index (χ3n) is 4.85. The highest BCUT2D eigenvalue weighted by Crippen LogP contribution is 2.58. The SMILES string of the molecule is CC.CCC1(c2cc(F)cc(F)c2-c2cc(C)ccn2)CC1C. The lowest BCUT2D eigenvalue weighted by molar-refractivity contribution is 0.557. The molecule has 3 heteroatoms. The molecule has 1 saturated carbocycles. The van der Waals surface area contributed by atoms with Crippen LogP contribution in [0.25, 0.3) is 11.3 Å². The first kappa shape index (κ1) is 17.6. The summed E-state index contributed by atoms with van der Waals surface area (Å²) in [4.78, 5) is 4.30. The number of nitrogens with zero attached hydrogens (tertiary/aromatic N) is 1. The Kier molecular flexibility index (Phi) is 5.18. The number of halogens is 2. The molecule has 3 rings (SSSR count). The van der Waals surface area contributed by atoms with Gasteiger partial charge in [0.25, 0.3) is 0 Å². The number of aromatic nitrogens is 1. The van der Waals surface area contributed by atoms with Crippen LogP contribution in [0.3, 0.4) is 0 Å². The van der Waals surface area contributed by atoms with E-state index in [0.29, 0.717) is 17.2 Å². The van der Waals surface area contributed by atoms with Crippen LogP contribution in [-0.2, 0) is 5.41 Å². The van der Waals surface area contributed by atoms with Crippen molar-refractivity contribution in [1.82, 2.24) is 4.98 Å². The van der Waals surface area contributed by atoms with Crippen molar-refractivity contribution in [1.29, 1.82) is 0 Å². The maximum absolute atomic E-state index is 14.5. The highest BCUT2D eigenvalue weighted by Gasteiger charge is 2.52. The maximum Gasteiger partial charge on any atom is 0.135 e. The molecule has 124 valence electrons. The van der Waals surface area contributed by atoms with Crippen molar-refractivity contribution in [2.75, 3.05) is 0 Å². The van der Waals surface area contributed by atoms with E-state index >= 15 is 0 Å². The zero-order valence-corrected chi connectivity index (χ0v) is 14.6. The Morgan fingerprint density at radius 3 is 2.39 bits per heavy atom. The second kappa shape index (κ2) is 6.77. The first-order valence-corrected chi connectivity index (χ1v) is 8.40. The lowest BCUT2D eigenvalue weighted by Crippen LogP contribution is -2.12. The molecule has 1 nitrogen and oxygen atoms in total. The number of hydrogen-bond acceptors (Lipinski definition) is 1. The Bertz CT molecular complexity index is 692. The van der Waals surface area contributed by atoms with E-state index in [2.05, 4.69) is 18.8 Å². The minimum atomic E-state index is -0.518. The molecule has 1 fully saturated rings. The summed E-state index contributed by atoms with van der Waals surface area (Å²) in [5, 5.41) is 0.